The Kier molecular flexibility index (Phi) is 22.4. The highest BCUT2D eigenvalue weighted by molar-refractivity contribution is 6.09. The second-order valence-corrected chi connectivity index (χ2v) is 9.63. The average Bonchev–Trinajstić information content (AvgIpc) is 3.44. The van der Waals surface area contributed by atoms with Gasteiger partial charge < -0.3 is 21.4 Å². The molecular weight excluding hydrogens is 530 g/mol. The van der Waals surface area contributed by atoms with E-state index < -0.39 is 0 Å². The summed E-state index contributed by atoms with van der Waals surface area (Å²) >= 11 is 0. The third-order valence-corrected chi connectivity index (χ3v) is 6.31. The molecule has 0 saturated carbocycles. The number of carbonyl (C=O) groups is 1. The Labute approximate surface area is 261 Å². The molecule has 5 N–H and O–H groups in total. The van der Waals surface area contributed by atoms with Crippen molar-refractivity contribution in [1.82, 2.24) is 15.6 Å². The molecule has 0 aliphatic rings. The Hall–Kier alpha value is -3.92. The van der Waals surface area contributed by atoms with E-state index in [1.54, 1.807) is 6.20 Å². The fourth-order valence-electron chi connectivity index (χ4n) is 3.71. The van der Waals surface area contributed by atoms with E-state index in [1.165, 1.54) is 23.8 Å². The summed E-state index contributed by atoms with van der Waals surface area (Å²) in [6, 6.07) is 6.36. The Morgan fingerprint density at radius 3 is 2.60 bits per heavy atom. The quantitative estimate of drug-likeness (QED) is 0.0602. The van der Waals surface area contributed by atoms with E-state index >= 15 is 0 Å². The fraction of sp³-hybridized carbons (Fsp3) is 0.405. The predicted octanol–water partition coefficient (Wildman–Crippen LogP) is 7.69. The summed E-state index contributed by atoms with van der Waals surface area (Å²) in [5.74, 6) is 6.01. The van der Waals surface area contributed by atoms with Gasteiger partial charge in [-0.1, -0.05) is 88.1 Å². The normalized spacial score (nSPS) is 11.6. The van der Waals surface area contributed by atoms with Crippen molar-refractivity contribution in [3.8, 4) is 11.8 Å². The summed E-state index contributed by atoms with van der Waals surface area (Å²) in [6.45, 7) is 24.4. The minimum Gasteiger partial charge on any atom is -0.360 e. The number of amides is 1. The van der Waals surface area contributed by atoms with Crippen molar-refractivity contribution in [2.75, 3.05) is 26.2 Å². The van der Waals surface area contributed by atoms with Gasteiger partial charge in [0.2, 0.25) is 0 Å². The summed E-state index contributed by atoms with van der Waals surface area (Å²) in [7, 11) is 0. The second-order valence-electron chi connectivity index (χ2n) is 9.63. The van der Waals surface area contributed by atoms with Crippen LogP contribution in [0.4, 0.5) is 0 Å². The fourth-order valence-corrected chi connectivity index (χ4v) is 3.71. The largest absolute Gasteiger partial charge is 0.360 e. The summed E-state index contributed by atoms with van der Waals surface area (Å²) in [5.41, 5.74) is 12.4. The molecule has 234 valence electrons. The van der Waals surface area contributed by atoms with Crippen LogP contribution in [-0.4, -0.2) is 42.8 Å². The van der Waals surface area contributed by atoms with Crippen LogP contribution in [-0.2, 0) is 4.79 Å². The highest BCUT2D eigenvalue weighted by Gasteiger charge is 2.08. The molecule has 43 heavy (non-hydrogen) atoms. The van der Waals surface area contributed by atoms with E-state index in [2.05, 4.69) is 77.7 Å². The average molecular weight is 586 g/mol. The predicted molar refractivity (Wildman–Crippen MR) is 189 cm³/mol. The van der Waals surface area contributed by atoms with Crippen LogP contribution in [0.2, 0.25) is 0 Å². The number of hydrogen-bond acceptors (Lipinski definition) is 4. The molecule has 1 heterocycles. The van der Waals surface area contributed by atoms with Gasteiger partial charge in [-0.25, -0.2) is 0 Å². The molecule has 1 aromatic carbocycles. The van der Waals surface area contributed by atoms with Crippen LogP contribution in [0.25, 0.3) is 10.9 Å². The van der Waals surface area contributed by atoms with Crippen LogP contribution in [0.3, 0.4) is 0 Å². The van der Waals surface area contributed by atoms with Gasteiger partial charge in [-0.2, -0.15) is 0 Å². The van der Waals surface area contributed by atoms with Crippen molar-refractivity contribution < 1.29 is 4.79 Å². The minimum absolute atomic E-state index is 0.153. The Morgan fingerprint density at radius 1 is 1.21 bits per heavy atom. The maximum atomic E-state index is 12.2. The number of aryl methyl sites for hydroxylation is 1. The number of aliphatic imine (C=N–C) groups is 1. The molecule has 0 fully saturated rings. The molecule has 0 bridgehead atoms. The lowest BCUT2D eigenvalue weighted by Crippen LogP contribution is -2.26. The molecule has 0 spiro atoms. The molecule has 0 radical (unpaired) electrons. The van der Waals surface area contributed by atoms with Gasteiger partial charge >= 0.3 is 0 Å². The van der Waals surface area contributed by atoms with E-state index in [0.717, 1.165) is 40.9 Å². The maximum Gasteiger partial charge on any atom is 0.251 e. The number of fused-ring (bicyclic) bond motifs is 1. The lowest BCUT2D eigenvalue weighted by molar-refractivity contribution is -0.117. The van der Waals surface area contributed by atoms with E-state index in [4.69, 9.17) is 5.73 Å². The molecule has 0 aliphatic heterocycles. The molecule has 0 saturated heterocycles. The first kappa shape index (κ1) is 39.1. The number of nitrogens with one attached hydrogen (secondary N) is 3. The molecule has 2 rings (SSSR count). The van der Waals surface area contributed by atoms with Gasteiger partial charge in [0.15, 0.2) is 0 Å². The summed E-state index contributed by atoms with van der Waals surface area (Å²) in [4.78, 5) is 19.6. The Morgan fingerprint density at radius 2 is 1.95 bits per heavy atom. The van der Waals surface area contributed by atoms with E-state index in [9.17, 15) is 4.79 Å². The monoisotopic (exact) mass is 585 g/mol. The second kappa shape index (κ2) is 24.7. The Balaban J connectivity index is 0.000000868. The lowest BCUT2D eigenvalue weighted by atomic mass is 10.1. The molecular formula is C37H55N5O. The van der Waals surface area contributed by atoms with Crippen molar-refractivity contribution in [3.05, 3.63) is 95.9 Å². The van der Waals surface area contributed by atoms with Crippen molar-refractivity contribution in [3.63, 3.8) is 0 Å². The van der Waals surface area contributed by atoms with Crippen LogP contribution < -0.4 is 16.4 Å². The van der Waals surface area contributed by atoms with Gasteiger partial charge in [0.25, 0.3) is 5.91 Å². The Bertz CT molecular complexity index is 1310. The number of unbranched alkanes of at least 4 members (excludes halogenated alkanes) is 1. The first-order valence-electron chi connectivity index (χ1n) is 15.3. The van der Waals surface area contributed by atoms with Crippen LogP contribution in [0, 0.1) is 18.8 Å². The minimum atomic E-state index is -0.153. The van der Waals surface area contributed by atoms with Crippen LogP contribution in [0.15, 0.2) is 89.8 Å². The number of benzene rings is 1. The zero-order valence-corrected chi connectivity index (χ0v) is 27.7. The van der Waals surface area contributed by atoms with Crippen LogP contribution in [0.5, 0.6) is 0 Å². The van der Waals surface area contributed by atoms with Crippen LogP contribution in [0.1, 0.15) is 78.4 Å². The number of hydrogen-bond donors (Lipinski definition) is 4. The molecule has 1 aromatic heterocycles. The smallest absolute Gasteiger partial charge is 0.251 e. The number of allylic oxidation sites excluding steroid dienone is 2. The molecule has 0 aliphatic carbocycles. The van der Waals surface area contributed by atoms with Crippen molar-refractivity contribution in [1.29, 1.82) is 0 Å². The van der Waals surface area contributed by atoms with E-state index in [-0.39, 0.29) is 5.91 Å². The van der Waals surface area contributed by atoms with Gasteiger partial charge in [-0.05, 0) is 76.9 Å². The first-order chi connectivity index (χ1) is 20.8. The van der Waals surface area contributed by atoms with Gasteiger partial charge in [0.05, 0.1) is 6.54 Å². The molecule has 6 heteroatoms. The molecule has 1 amide bonds. The molecule has 2 aromatic rings. The molecule has 0 atom stereocenters. The van der Waals surface area contributed by atoms with Crippen molar-refractivity contribution in [2.24, 2.45) is 10.7 Å². The zero-order valence-electron chi connectivity index (χ0n) is 27.7. The number of aromatic nitrogens is 1. The van der Waals surface area contributed by atoms with Gasteiger partial charge in [-0.15, -0.1) is 0 Å². The van der Waals surface area contributed by atoms with Gasteiger partial charge in [0.1, 0.15) is 0 Å². The highest BCUT2D eigenvalue weighted by Crippen LogP contribution is 2.20. The van der Waals surface area contributed by atoms with Gasteiger partial charge in [0, 0.05) is 53.1 Å². The standard InChI is InChI=1S/C22H35N3O.C13H14N2.C2H6/c1-5-7-16-24-17-12-8-9-13-19(3)20(4)22(26)25-18-21(6-2)14-10-11-15-23;1-4-14-10(3)12-8-15-13-6-5-9(2)7-11(12)13;1-2/h6,10,13-14,24H,4-5,7,9,11,15-18,23H2,1-3H3,(H,25,26);4-8,15H,1H2,2-3H3;1-2H3/b14-10-,19-13+,21-6+;;. The number of H-pyrrole nitrogens is 1. The summed E-state index contributed by atoms with van der Waals surface area (Å²) in [6.07, 6.45) is 15.3. The van der Waals surface area contributed by atoms with E-state index in [1.807, 2.05) is 65.1 Å². The topological polar surface area (TPSA) is 95.3 Å². The summed E-state index contributed by atoms with van der Waals surface area (Å²) in [5, 5.41) is 7.39. The number of carbonyl (C=O) groups excluding carboxylic acids is 1. The first-order valence-corrected chi connectivity index (χ1v) is 15.3. The van der Waals surface area contributed by atoms with Crippen LogP contribution >= 0.6 is 0 Å². The maximum absolute atomic E-state index is 12.2. The zero-order chi connectivity index (χ0) is 32.5. The van der Waals surface area contributed by atoms with E-state index in [0.29, 0.717) is 31.6 Å². The number of aromatic amines is 1. The third kappa shape index (κ3) is 16.3. The molecule has 6 nitrogen and oxygen atoms in total. The van der Waals surface area contributed by atoms with Crippen molar-refractivity contribution >= 4 is 22.5 Å². The summed E-state index contributed by atoms with van der Waals surface area (Å²) < 4.78 is 0. The number of rotatable bonds is 14. The van der Waals surface area contributed by atoms with Gasteiger partial charge in [-0.3, -0.25) is 9.79 Å². The molecule has 0 unspecified atom stereocenters. The lowest BCUT2D eigenvalue weighted by Gasteiger charge is -2.08. The SMILES string of the molecule is C=C(C(=O)NCC(/C=C\CCN)=C/C)/C(C)=C/CC#CCNCCCC.C=CN=C(C)c1c[nH]c2ccc(C)cc12.CC. The highest BCUT2D eigenvalue weighted by atomic mass is 16.1. The van der Waals surface area contributed by atoms with Crippen molar-refractivity contribution in [2.45, 2.75) is 74.1 Å². The number of nitrogens with zero attached hydrogens (tertiary/aromatic N) is 1. The number of nitrogens with two attached hydrogens (primary N) is 1. The third-order valence-electron chi connectivity index (χ3n) is 6.31.